The molecule has 0 saturated carbocycles. The lowest BCUT2D eigenvalue weighted by Crippen LogP contribution is -2.48. The summed E-state index contributed by atoms with van der Waals surface area (Å²) in [7, 11) is 0. The van der Waals surface area contributed by atoms with E-state index in [9.17, 15) is 9.59 Å². The van der Waals surface area contributed by atoms with E-state index in [0.29, 0.717) is 18.1 Å². The molecule has 0 spiro atoms. The van der Waals surface area contributed by atoms with Crippen molar-refractivity contribution in [2.45, 2.75) is 38.0 Å². The Kier molecular flexibility index (Phi) is 8.64. The minimum Gasteiger partial charge on any atom is -0.350 e. The van der Waals surface area contributed by atoms with Crippen LogP contribution in [0.1, 0.15) is 34.1 Å². The molecule has 2 aromatic carbocycles. The van der Waals surface area contributed by atoms with Crippen molar-refractivity contribution in [2.75, 3.05) is 5.75 Å². The van der Waals surface area contributed by atoms with Crippen LogP contribution in [0.2, 0.25) is 5.02 Å². The van der Waals surface area contributed by atoms with Crippen LogP contribution in [0.3, 0.4) is 0 Å². The molecule has 1 heterocycles. The van der Waals surface area contributed by atoms with E-state index >= 15 is 0 Å². The lowest BCUT2D eigenvalue weighted by atomic mass is 10.0. The molecule has 6 nitrogen and oxygen atoms in total. The molecule has 32 heavy (non-hydrogen) atoms. The van der Waals surface area contributed by atoms with E-state index in [-0.39, 0.29) is 16.6 Å². The summed E-state index contributed by atoms with van der Waals surface area (Å²) in [6.45, 7) is 4.35. The van der Waals surface area contributed by atoms with Crippen molar-refractivity contribution < 1.29 is 9.59 Å². The molecule has 3 rings (SSSR count). The Balaban J connectivity index is 1.76. The first-order valence-electron chi connectivity index (χ1n) is 10.3. The standard InChI is InChI=1S/C24H25ClN4O2S/c1-3-32-24-27-15-19(25)21(29-24)23(31)28-20(13-17-7-5-4-6-8-17)22(30)26-14-18-11-9-16(2)10-12-18/h4-12,15,20H,3,13-14H2,1-2H3,(H,26,30)(H,28,31). The van der Waals surface area contributed by atoms with Crippen molar-refractivity contribution in [3.8, 4) is 0 Å². The van der Waals surface area contributed by atoms with Gasteiger partial charge in [-0.3, -0.25) is 9.59 Å². The second kappa shape index (κ2) is 11.6. The zero-order valence-corrected chi connectivity index (χ0v) is 19.5. The van der Waals surface area contributed by atoms with Gasteiger partial charge in [0.1, 0.15) is 6.04 Å². The number of rotatable bonds is 9. The number of nitrogens with one attached hydrogen (secondary N) is 2. The van der Waals surface area contributed by atoms with Crippen molar-refractivity contribution in [3.63, 3.8) is 0 Å². The van der Waals surface area contributed by atoms with E-state index in [1.54, 1.807) is 0 Å². The molecule has 1 unspecified atom stereocenters. The third kappa shape index (κ3) is 6.80. The molecule has 1 aromatic heterocycles. The molecule has 1 atom stereocenters. The summed E-state index contributed by atoms with van der Waals surface area (Å²) in [6.07, 6.45) is 1.75. The van der Waals surface area contributed by atoms with Crippen LogP contribution in [0, 0.1) is 6.92 Å². The molecule has 2 N–H and O–H groups in total. The fourth-order valence-electron chi connectivity index (χ4n) is 3.01. The average Bonchev–Trinajstić information content (AvgIpc) is 2.80. The van der Waals surface area contributed by atoms with Gasteiger partial charge in [-0.2, -0.15) is 0 Å². The van der Waals surface area contributed by atoms with Crippen LogP contribution in [0.4, 0.5) is 0 Å². The number of hydrogen-bond donors (Lipinski definition) is 2. The SMILES string of the molecule is CCSc1ncc(Cl)c(C(=O)NC(Cc2ccccc2)C(=O)NCc2ccc(C)cc2)n1. The molecule has 0 radical (unpaired) electrons. The number of benzene rings is 2. The largest absolute Gasteiger partial charge is 0.350 e. The fourth-order valence-corrected chi connectivity index (χ4v) is 3.73. The van der Waals surface area contributed by atoms with Crippen LogP contribution < -0.4 is 10.6 Å². The van der Waals surface area contributed by atoms with E-state index in [0.717, 1.165) is 22.4 Å². The highest BCUT2D eigenvalue weighted by Crippen LogP contribution is 2.18. The second-order valence-electron chi connectivity index (χ2n) is 7.20. The monoisotopic (exact) mass is 468 g/mol. The summed E-state index contributed by atoms with van der Waals surface area (Å²) in [5.74, 6) is -0.0290. The number of carbonyl (C=O) groups is 2. The third-order valence-corrected chi connectivity index (χ3v) is 5.72. The van der Waals surface area contributed by atoms with Gasteiger partial charge in [0.05, 0.1) is 11.2 Å². The normalized spacial score (nSPS) is 11.6. The minimum atomic E-state index is -0.788. The summed E-state index contributed by atoms with van der Waals surface area (Å²) >= 11 is 7.58. The number of aromatic nitrogens is 2. The molecule has 2 amide bonds. The maximum absolute atomic E-state index is 13.0. The number of nitrogens with zero attached hydrogens (tertiary/aromatic N) is 2. The number of thioether (sulfide) groups is 1. The highest BCUT2D eigenvalue weighted by molar-refractivity contribution is 7.99. The van der Waals surface area contributed by atoms with Gasteiger partial charge in [0.15, 0.2) is 10.9 Å². The van der Waals surface area contributed by atoms with Gasteiger partial charge >= 0.3 is 0 Å². The summed E-state index contributed by atoms with van der Waals surface area (Å²) in [4.78, 5) is 34.4. The van der Waals surface area contributed by atoms with Gasteiger partial charge in [-0.05, 0) is 23.8 Å². The Morgan fingerprint density at radius 1 is 1.06 bits per heavy atom. The highest BCUT2D eigenvalue weighted by Gasteiger charge is 2.24. The lowest BCUT2D eigenvalue weighted by Gasteiger charge is -2.19. The lowest BCUT2D eigenvalue weighted by molar-refractivity contribution is -0.123. The van der Waals surface area contributed by atoms with Crippen molar-refractivity contribution in [3.05, 3.63) is 88.2 Å². The zero-order chi connectivity index (χ0) is 22.9. The number of hydrogen-bond acceptors (Lipinski definition) is 5. The minimum absolute atomic E-state index is 0.0574. The van der Waals surface area contributed by atoms with E-state index in [2.05, 4.69) is 20.6 Å². The number of halogens is 1. The van der Waals surface area contributed by atoms with Crippen LogP contribution in [0.15, 0.2) is 66.0 Å². The topological polar surface area (TPSA) is 84.0 Å². The summed E-state index contributed by atoms with van der Waals surface area (Å²) < 4.78 is 0. The smallest absolute Gasteiger partial charge is 0.272 e. The van der Waals surface area contributed by atoms with Gasteiger partial charge < -0.3 is 10.6 Å². The molecule has 0 aliphatic rings. The molecule has 8 heteroatoms. The summed E-state index contributed by atoms with van der Waals surface area (Å²) in [6, 6.07) is 16.7. The maximum Gasteiger partial charge on any atom is 0.272 e. The van der Waals surface area contributed by atoms with E-state index in [1.807, 2.05) is 68.4 Å². The molecular weight excluding hydrogens is 444 g/mol. The van der Waals surface area contributed by atoms with Crippen LogP contribution >= 0.6 is 23.4 Å². The van der Waals surface area contributed by atoms with Crippen molar-refractivity contribution >= 4 is 35.2 Å². The van der Waals surface area contributed by atoms with Gasteiger partial charge in [0, 0.05) is 13.0 Å². The van der Waals surface area contributed by atoms with E-state index in [1.165, 1.54) is 18.0 Å². The van der Waals surface area contributed by atoms with Gasteiger partial charge in [0.25, 0.3) is 5.91 Å². The van der Waals surface area contributed by atoms with Crippen molar-refractivity contribution in [1.29, 1.82) is 0 Å². The second-order valence-corrected chi connectivity index (χ2v) is 8.84. The summed E-state index contributed by atoms with van der Waals surface area (Å²) in [5.41, 5.74) is 3.12. The van der Waals surface area contributed by atoms with Crippen LogP contribution in [-0.4, -0.2) is 33.6 Å². The molecule has 0 aliphatic heterocycles. The van der Waals surface area contributed by atoms with Crippen LogP contribution in [0.25, 0.3) is 0 Å². The first kappa shape index (κ1) is 23.8. The van der Waals surface area contributed by atoms with Gasteiger partial charge in [-0.1, -0.05) is 90.4 Å². The molecule has 3 aromatic rings. The Morgan fingerprint density at radius 2 is 1.78 bits per heavy atom. The van der Waals surface area contributed by atoms with E-state index < -0.39 is 11.9 Å². The van der Waals surface area contributed by atoms with Crippen molar-refractivity contribution in [2.24, 2.45) is 0 Å². The zero-order valence-electron chi connectivity index (χ0n) is 18.0. The molecule has 0 aliphatic carbocycles. The average molecular weight is 469 g/mol. The van der Waals surface area contributed by atoms with E-state index in [4.69, 9.17) is 11.6 Å². The molecular formula is C24H25ClN4O2S. The Bertz CT molecular complexity index is 1060. The predicted molar refractivity (Wildman–Crippen MR) is 128 cm³/mol. The molecule has 166 valence electrons. The maximum atomic E-state index is 13.0. The Morgan fingerprint density at radius 3 is 2.47 bits per heavy atom. The number of aryl methyl sites for hydroxylation is 1. The molecule has 0 fully saturated rings. The quantitative estimate of drug-likeness (QED) is 0.363. The van der Waals surface area contributed by atoms with Gasteiger partial charge in [0.2, 0.25) is 5.91 Å². The third-order valence-electron chi connectivity index (χ3n) is 4.70. The first-order valence-corrected chi connectivity index (χ1v) is 11.7. The first-order chi connectivity index (χ1) is 15.5. The number of amides is 2. The number of carbonyl (C=O) groups excluding carboxylic acids is 2. The van der Waals surface area contributed by atoms with Crippen LogP contribution in [0.5, 0.6) is 0 Å². The van der Waals surface area contributed by atoms with Gasteiger partial charge in [-0.15, -0.1) is 0 Å². The van der Waals surface area contributed by atoms with Crippen LogP contribution in [-0.2, 0) is 17.8 Å². The van der Waals surface area contributed by atoms with Gasteiger partial charge in [-0.25, -0.2) is 9.97 Å². The molecule has 0 bridgehead atoms. The Hall–Kier alpha value is -2.90. The highest BCUT2D eigenvalue weighted by atomic mass is 35.5. The Labute approximate surface area is 197 Å². The van der Waals surface area contributed by atoms with Crippen molar-refractivity contribution in [1.82, 2.24) is 20.6 Å². The summed E-state index contributed by atoms with van der Waals surface area (Å²) in [5, 5.41) is 6.32. The fraction of sp³-hybridized carbons (Fsp3) is 0.250. The predicted octanol–water partition coefficient (Wildman–Crippen LogP) is 4.21. The molecule has 0 saturated heterocycles.